The summed E-state index contributed by atoms with van der Waals surface area (Å²) in [5, 5.41) is 0.472. The van der Waals surface area contributed by atoms with Crippen LogP contribution >= 0.6 is 11.3 Å². The molecule has 0 aliphatic rings. The maximum atomic E-state index is 13.9. The van der Waals surface area contributed by atoms with Gasteiger partial charge in [-0.2, -0.15) is 0 Å². The smallest absolute Gasteiger partial charge is 0.260 e. The molecule has 2 aromatic heterocycles. The van der Waals surface area contributed by atoms with E-state index in [1.54, 1.807) is 6.92 Å². The summed E-state index contributed by atoms with van der Waals surface area (Å²) in [7, 11) is 0. The van der Waals surface area contributed by atoms with Crippen LogP contribution in [-0.2, 0) is 0 Å². The lowest BCUT2D eigenvalue weighted by atomic mass is 10.1. The van der Waals surface area contributed by atoms with E-state index >= 15 is 0 Å². The van der Waals surface area contributed by atoms with Gasteiger partial charge in [-0.25, -0.2) is 18.7 Å². The van der Waals surface area contributed by atoms with Crippen molar-refractivity contribution in [1.82, 2.24) is 9.97 Å². The first-order valence-corrected chi connectivity index (χ1v) is 7.02. The minimum atomic E-state index is -0.765. The first-order valence-electron chi connectivity index (χ1n) is 6.21. The van der Waals surface area contributed by atoms with Crippen LogP contribution in [0.5, 0.6) is 0 Å². The van der Waals surface area contributed by atoms with Gasteiger partial charge >= 0.3 is 0 Å². The monoisotopic (exact) mass is 320 g/mol. The number of rotatable bonds is 2. The molecule has 4 N–H and O–H groups in total. The average molecular weight is 320 g/mol. The summed E-state index contributed by atoms with van der Waals surface area (Å²) in [5.74, 6) is -2.31. The van der Waals surface area contributed by atoms with Gasteiger partial charge in [-0.1, -0.05) is 6.07 Å². The number of nitrogens with zero attached hydrogens (tertiary/aromatic N) is 2. The van der Waals surface area contributed by atoms with Gasteiger partial charge in [0, 0.05) is 0 Å². The van der Waals surface area contributed by atoms with E-state index < -0.39 is 17.5 Å². The molecule has 0 radical (unpaired) electrons. The number of nitrogen functional groups attached to an aromatic ring is 1. The van der Waals surface area contributed by atoms with Crippen molar-refractivity contribution in [3.05, 3.63) is 40.4 Å². The molecule has 3 aromatic rings. The number of benzene rings is 1. The molecule has 112 valence electrons. The van der Waals surface area contributed by atoms with E-state index in [0.717, 1.165) is 23.5 Å². The molecule has 0 unspecified atom stereocenters. The zero-order chi connectivity index (χ0) is 16.0. The highest BCUT2D eigenvalue weighted by molar-refractivity contribution is 7.21. The molecule has 0 saturated carbocycles. The van der Waals surface area contributed by atoms with Gasteiger partial charge < -0.3 is 11.5 Å². The highest BCUT2D eigenvalue weighted by Crippen LogP contribution is 2.35. The number of primary amides is 1. The van der Waals surface area contributed by atoms with Crippen molar-refractivity contribution in [3.63, 3.8) is 0 Å². The van der Waals surface area contributed by atoms with E-state index in [2.05, 4.69) is 9.97 Å². The van der Waals surface area contributed by atoms with Gasteiger partial charge in [0.1, 0.15) is 21.3 Å². The van der Waals surface area contributed by atoms with E-state index in [9.17, 15) is 13.6 Å². The number of aromatic nitrogens is 2. The van der Waals surface area contributed by atoms with Gasteiger partial charge in [0.05, 0.1) is 22.3 Å². The summed E-state index contributed by atoms with van der Waals surface area (Å²) in [5.41, 5.74) is 11.4. The molecule has 0 aliphatic heterocycles. The Labute approximate surface area is 127 Å². The summed E-state index contributed by atoms with van der Waals surface area (Å²) >= 11 is 0.971. The second kappa shape index (κ2) is 4.99. The molecule has 0 bridgehead atoms. The molecule has 0 spiro atoms. The molecule has 1 aromatic carbocycles. The van der Waals surface area contributed by atoms with Crippen molar-refractivity contribution in [2.24, 2.45) is 5.73 Å². The van der Waals surface area contributed by atoms with Crippen LogP contribution in [0.25, 0.3) is 21.6 Å². The summed E-state index contributed by atoms with van der Waals surface area (Å²) in [4.78, 5) is 20.1. The van der Waals surface area contributed by atoms with Crippen LogP contribution in [0.15, 0.2) is 18.2 Å². The largest absolute Gasteiger partial charge is 0.397 e. The standard InChI is InChI=1S/C14H10F2N4OS/c1-5-8-10(17)11(12(18)21)22-14(8)20-13(19-5)9-6(15)3-2-4-7(9)16/h2-4H,17H2,1H3,(H2,18,21). The molecule has 1 amide bonds. The highest BCUT2D eigenvalue weighted by Gasteiger charge is 2.21. The third kappa shape index (κ3) is 2.08. The Kier molecular flexibility index (Phi) is 3.25. The number of hydrogen-bond donors (Lipinski definition) is 2. The van der Waals surface area contributed by atoms with Gasteiger partial charge in [-0.15, -0.1) is 11.3 Å². The summed E-state index contributed by atoms with van der Waals surface area (Å²) < 4.78 is 27.7. The zero-order valence-corrected chi connectivity index (χ0v) is 12.2. The molecule has 0 aliphatic carbocycles. The number of fused-ring (bicyclic) bond motifs is 1. The number of halogens is 2. The van der Waals surface area contributed by atoms with Gasteiger partial charge in [0.2, 0.25) is 0 Å². The van der Waals surface area contributed by atoms with Crippen LogP contribution in [0.4, 0.5) is 14.5 Å². The third-order valence-corrected chi connectivity index (χ3v) is 4.29. The van der Waals surface area contributed by atoms with Gasteiger partial charge in [-0.3, -0.25) is 4.79 Å². The number of anilines is 1. The number of thiophene rings is 1. The van der Waals surface area contributed by atoms with Crippen LogP contribution < -0.4 is 11.5 Å². The van der Waals surface area contributed by atoms with Crippen molar-refractivity contribution in [3.8, 4) is 11.4 Å². The fourth-order valence-electron chi connectivity index (χ4n) is 2.20. The van der Waals surface area contributed by atoms with Gasteiger partial charge in [-0.05, 0) is 19.1 Å². The highest BCUT2D eigenvalue weighted by atomic mass is 32.1. The molecular formula is C14H10F2N4OS. The van der Waals surface area contributed by atoms with Crippen LogP contribution in [0.2, 0.25) is 0 Å². The maximum Gasteiger partial charge on any atom is 0.260 e. The lowest BCUT2D eigenvalue weighted by Crippen LogP contribution is -2.10. The molecule has 0 saturated heterocycles. The number of hydrogen-bond acceptors (Lipinski definition) is 5. The van der Waals surface area contributed by atoms with Crippen molar-refractivity contribution < 1.29 is 13.6 Å². The average Bonchev–Trinajstić information content (AvgIpc) is 2.76. The molecule has 0 fully saturated rings. The Morgan fingerprint density at radius 2 is 1.86 bits per heavy atom. The van der Waals surface area contributed by atoms with Crippen LogP contribution in [-0.4, -0.2) is 15.9 Å². The van der Waals surface area contributed by atoms with Crippen LogP contribution in [0.3, 0.4) is 0 Å². The van der Waals surface area contributed by atoms with Crippen molar-refractivity contribution >= 4 is 33.1 Å². The predicted molar refractivity (Wildman–Crippen MR) is 80.4 cm³/mol. The van der Waals surface area contributed by atoms with Crippen molar-refractivity contribution in [1.29, 1.82) is 0 Å². The van der Waals surface area contributed by atoms with Crippen molar-refractivity contribution in [2.45, 2.75) is 6.92 Å². The maximum absolute atomic E-state index is 13.9. The van der Waals surface area contributed by atoms with Gasteiger partial charge in [0.25, 0.3) is 5.91 Å². The second-order valence-electron chi connectivity index (χ2n) is 4.62. The first kappa shape index (κ1) is 14.3. The quantitative estimate of drug-likeness (QED) is 0.759. The molecule has 8 heteroatoms. The van der Waals surface area contributed by atoms with E-state index in [1.807, 2.05) is 0 Å². The van der Waals surface area contributed by atoms with E-state index in [0.29, 0.717) is 15.9 Å². The van der Waals surface area contributed by atoms with Gasteiger partial charge in [0.15, 0.2) is 5.82 Å². The number of amides is 1. The molecule has 0 atom stereocenters. The molecule has 22 heavy (non-hydrogen) atoms. The minimum Gasteiger partial charge on any atom is -0.397 e. The van der Waals surface area contributed by atoms with Crippen LogP contribution in [0, 0.1) is 18.6 Å². The molecule has 5 nitrogen and oxygen atoms in total. The number of aryl methyl sites for hydroxylation is 1. The summed E-state index contributed by atoms with van der Waals surface area (Å²) in [6, 6.07) is 3.51. The first-order chi connectivity index (χ1) is 10.4. The SMILES string of the molecule is Cc1nc(-c2c(F)cccc2F)nc2sc(C(N)=O)c(N)c12. The lowest BCUT2D eigenvalue weighted by Gasteiger charge is -2.05. The number of carbonyl (C=O) groups excluding carboxylic acids is 1. The number of nitrogens with two attached hydrogens (primary N) is 2. The lowest BCUT2D eigenvalue weighted by molar-refractivity contribution is 0.100. The third-order valence-electron chi connectivity index (χ3n) is 3.18. The Morgan fingerprint density at radius 3 is 2.45 bits per heavy atom. The van der Waals surface area contributed by atoms with Crippen LogP contribution in [0.1, 0.15) is 15.4 Å². The molecule has 3 rings (SSSR count). The summed E-state index contributed by atoms with van der Waals surface area (Å²) in [6.07, 6.45) is 0. The predicted octanol–water partition coefficient (Wildman–Crippen LogP) is 2.63. The fraction of sp³-hybridized carbons (Fsp3) is 0.0714. The molecule has 2 heterocycles. The van der Waals surface area contributed by atoms with E-state index in [4.69, 9.17) is 11.5 Å². The fourth-order valence-corrected chi connectivity index (χ4v) is 3.20. The second-order valence-corrected chi connectivity index (χ2v) is 5.62. The zero-order valence-electron chi connectivity index (χ0n) is 11.4. The van der Waals surface area contributed by atoms with E-state index in [1.165, 1.54) is 6.07 Å². The number of carbonyl (C=O) groups is 1. The topological polar surface area (TPSA) is 94.9 Å². The summed E-state index contributed by atoms with van der Waals surface area (Å²) in [6.45, 7) is 1.63. The normalized spacial score (nSPS) is 11.0. The Balaban J connectivity index is 2.33. The Hall–Kier alpha value is -2.61. The minimum absolute atomic E-state index is 0.0992. The molecular weight excluding hydrogens is 310 g/mol. The Bertz CT molecular complexity index is 903. The Morgan fingerprint density at radius 1 is 1.23 bits per heavy atom. The van der Waals surface area contributed by atoms with Crippen molar-refractivity contribution in [2.75, 3.05) is 5.73 Å². The van der Waals surface area contributed by atoms with E-state index in [-0.39, 0.29) is 22.0 Å².